The van der Waals surface area contributed by atoms with E-state index in [2.05, 4.69) is 10.3 Å². The zero-order valence-electron chi connectivity index (χ0n) is 14.0. The number of likely N-dealkylation sites (tertiary alicyclic amines) is 1. The number of alkyl halides is 3. The van der Waals surface area contributed by atoms with Crippen molar-refractivity contribution in [1.29, 1.82) is 0 Å². The normalized spacial score (nSPS) is 20.1. The van der Waals surface area contributed by atoms with Crippen LogP contribution in [-0.4, -0.2) is 41.3 Å². The number of rotatable bonds is 2. The number of methoxy groups -OCH3 is 1. The number of anilines is 1. The number of fused-ring (bicyclic) bond motifs is 1. The topological polar surface area (TPSA) is 54.5 Å². The van der Waals surface area contributed by atoms with Crippen LogP contribution in [0.2, 0.25) is 0 Å². The van der Waals surface area contributed by atoms with Crippen molar-refractivity contribution in [1.82, 2.24) is 9.88 Å². The number of aromatic nitrogens is 1. The van der Waals surface area contributed by atoms with Gasteiger partial charge in [-0.15, -0.1) is 0 Å². The van der Waals surface area contributed by atoms with E-state index in [0.29, 0.717) is 16.4 Å². The molecule has 1 N–H and O–H groups in total. The summed E-state index contributed by atoms with van der Waals surface area (Å²) in [6.45, 7) is 2.95. The van der Waals surface area contributed by atoms with Crippen LogP contribution in [0, 0.1) is 5.92 Å². The summed E-state index contributed by atoms with van der Waals surface area (Å²) in [5.41, 5.74) is -0.614. The maximum atomic E-state index is 13.2. The minimum atomic E-state index is -4.33. The van der Waals surface area contributed by atoms with Gasteiger partial charge in [-0.3, -0.25) is 5.32 Å². The molecule has 2 heterocycles. The number of hydrogen-bond donors (Lipinski definition) is 1. The molecule has 0 bridgehead atoms. The quantitative estimate of drug-likeness (QED) is 0.843. The number of nitrogens with zero attached hydrogens (tertiary/aromatic N) is 2. The first kappa shape index (κ1) is 17.8. The van der Waals surface area contributed by atoms with Gasteiger partial charge >= 0.3 is 12.2 Å². The highest BCUT2D eigenvalue weighted by Crippen LogP contribution is 2.45. The summed E-state index contributed by atoms with van der Waals surface area (Å²) in [4.78, 5) is 18.0. The van der Waals surface area contributed by atoms with E-state index in [-0.39, 0.29) is 13.0 Å². The number of carbonyl (C=O) groups is 1. The van der Waals surface area contributed by atoms with Gasteiger partial charge in [0.1, 0.15) is 5.75 Å². The summed E-state index contributed by atoms with van der Waals surface area (Å²) in [6.07, 6.45) is -4.42. The second kappa shape index (κ2) is 6.05. The Morgan fingerprint density at radius 3 is 2.76 bits per heavy atom. The van der Waals surface area contributed by atoms with Gasteiger partial charge < -0.3 is 9.64 Å². The van der Waals surface area contributed by atoms with Crippen LogP contribution in [0.25, 0.3) is 10.2 Å². The third-order valence-corrected chi connectivity index (χ3v) is 5.57. The van der Waals surface area contributed by atoms with Gasteiger partial charge in [-0.1, -0.05) is 11.3 Å². The van der Waals surface area contributed by atoms with Gasteiger partial charge in [0.25, 0.3) is 0 Å². The Morgan fingerprint density at radius 1 is 1.44 bits per heavy atom. The van der Waals surface area contributed by atoms with E-state index in [0.717, 1.165) is 4.70 Å². The lowest BCUT2D eigenvalue weighted by Gasteiger charge is -2.36. The maximum absolute atomic E-state index is 13.2. The molecule has 0 spiro atoms. The molecule has 5 nitrogen and oxygen atoms in total. The van der Waals surface area contributed by atoms with Crippen molar-refractivity contribution < 1.29 is 22.7 Å². The van der Waals surface area contributed by atoms with Crippen molar-refractivity contribution in [2.24, 2.45) is 5.92 Å². The molecule has 1 aliphatic heterocycles. The van der Waals surface area contributed by atoms with E-state index < -0.39 is 23.7 Å². The van der Waals surface area contributed by atoms with Gasteiger partial charge in [-0.25, -0.2) is 9.78 Å². The fraction of sp³-hybridized carbons (Fsp3) is 0.500. The number of hydrogen-bond acceptors (Lipinski definition) is 4. The van der Waals surface area contributed by atoms with Gasteiger partial charge in [0, 0.05) is 6.54 Å². The largest absolute Gasteiger partial charge is 0.497 e. The third-order valence-electron chi connectivity index (χ3n) is 4.64. The van der Waals surface area contributed by atoms with Gasteiger partial charge in [-0.2, -0.15) is 13.2 Å². The molecule has 9 heteroatoms. The summed E-state index contributed by atoms with van der Waals surface area (Å²) in [5, 5.41) is 2.97. The SMILES string of the molecule is COc1ccc2nc(NC(=O)N3CCC(C(F)(F)F)C3(C)C)sc2c1. The fourth-order valence-corrected chi connectivity index (χ4v) is 4.14. The van der Waals surface area contributed by atoms with Crippen molar-refractivity contribution in [3.05, 3.63) is 18.2 Å². The Labute approximate surface area is 146 Å². The Balaban J connectivity index is 1.78. The summed E-state index contributed by atoms with van der Waals surface area (Å²) >= 11 is 1.25. The first-order chi connectivity index (χ1) is 11.6. The van der Waals surface area contributed by atoms with Crippen LogP contribution in [0.4, 0.5) is 23.1 Å². The molecule has 2 amide bonds. The van der Waals surface area contributed by atoms with Crippen LogP contribution in [0.1, 0.15) is 20.3 Å². The van der Waals surface area contributed by atoms with Crippen molar-refractivity contribution >= 4 is 32.7 Å². The monoisotopic (exact) mass is 373 g/mol. The molecular formula is C16H18F3N3O2S. The fourth-order valence-electron chi connectivity index (χ4n) is 3.26. The standard InChI is InChI=1S/C16H18F3N3O2S/c1-15(2)12(16(17,18)19)6-7-22(15)14(23)21-13-20-10-5-4-9(24-3)8-11(10)25-13/h4-5,8,12H,6-7H2,1-3H3,(H,20,21,23). The third kappa shape index (κ3) is 3.24. The molecule has 0 radical (unpaired) electrons. The molecule has 1 aromatic carbocycles. The van der Waals surface area contributed by atoms with Crippen LogP contribution in [0.5, 0.6) is 5.75 Å². The number of thiazole rings is 1. The van der Waals surface area contributed by atoms with Gasteiger partial charge in [0.15, 0.2) is 5.13 Å². The molecule has 25 heavy (non-hydrogen) atoms. The second-order valence-corrected chi connectivity index (χ2v) is 7.50. The van der Waals surface area contributed by atoms with Crippen LogP contribution >= 0.6 is 11.3 Å². The van der Waals surface area contributed by atoms with E-state index >= 15 is 0 Å². The molecule has 3 rings (SSSR count). The molecule has 1 saturated heterocycles. The molecule has 1 fully saturated rings. The molecule has 1 atom stereocenters. The summed E-state index contributed by atoms with van der Waals surface area (Å²) < 4.78 is 45.4. The van der Waals surface area contributed by atoms with E-state index in [1.54, 1.807) is 25.3 Å². The molecule has 0 aliphatic carbocycles. The Morgan fingerprint density at radius 2 is 2.16 bits per heavy atom. The molecule has 1 aliphatic rings. The number of carbonyl (C=O) groups excluding carboxylic acids is 1. The summed E-state index contributed by atoms with van der Waals surface area (Å²) in [5.74, 6) is -0.867. The van der Waals surface area contributed by atoms with Gasteiger partial charge in [-0.05, 0) is 38.5 Å². The first-order valence-corrected chi connectivity index (χ1v) is 8.54. The number of urea groups is 1. The molecule has 136 valence electrons. The molecule has 0 saturated carbocycles. The van der Waals surface area contributed by atoms with Crippen LogP contribution < -0.4 is 10.1 Å². The highest BCUT2D eigenvalue weighted by molar-refractivity contribution is 7.22. The lowest BCUT2D eigenvalue weighted by Crippen LogP contribution is -2.51. The minimum absolute atomic E-state index is 0.0573. The van der Waals surface area contributed by atoms with E-state index in [9.17, 15) is 18.0 Å². The summed E-state index contributed by atoms with van der Waals surface area (Å²) in [6, 6.07) is 4.75. The van der Waals surface area contributed by atoms with E-state index in [1.807, 2.05) is 0 Å². The van der Waals surface area contributed by atoms with Crippen molar-refractivity contribution in [3.8, 4) is 5.75 Å². The van der Waals surface area contributed by atoms with Crippen molar-refractivity contribution in [2.45, 2.75) is 32.0 Å². The highest BCUT2D eigenvalue weighted by Gasteiger charge is 2.56. The maximum Gasteiger partial charge on any atom is 0.394 e. The molecule has 1 unspecified atom stereocenters. The van der Waals surface area contributed by atoms with Crippen LogP contribution in [0.15, 0.2) is 18.2 Å². The van der Waals surface area contributed by atoms with Crippen LogP contribution in [-0.2, 0) is 0 Å². The number of ether oxygens (including phenoxy) is 1. The molecular weight excluding hydrogens is 355 g/mol. The van der Waals surface area contributed by atoms with E-state index in [1.165, 1.54) is 30.1 Å². The predicted molar refractivity (Wildman–Crippen MR) is 90.1 cm³/mol. The Kier molecular flexibility index (Phi) is 4.30. The molecule has 1 aromatic heterocycles. The zero-order valence-corrected chi connectivity index (χ0v) is 14.8. The number of halogens is 3. The average molecular weight is 373 g/mol. The first-order valence-electron chi connectivity index (χ1n) is 7.73. The minimum Gasteiger partial charge on any atom is -0.497 e. The lowest BCUT2D eigenvalue weighted by atomic mass is 9.88. The zero-order chi connectivity index (χ0) is 18.4. The average Bonchev–Trinajstić information content (AvgIpc) is 3.04. The van der Waals surface area contributed by atoms with Crippen molar-refractivity contribution in [3.63, 3.8) is 0 Å². The smallest absolute Gasteiger partial charge is 0.394 e. The number of amides is 2. The lowest BCUT2D eigenvalue weighted by molar-refractivity contribution is -0.189. The second-order valence-electron chi connectivity index (χ2n) is 6.47. The van der Waals surface area contributed by atoms with E-state index in [4.69, 9.17) is 4.74 Å². The van der Waals surface area contributed by atoms with Gasteiger partial charge in [0.05, 0.1) is 28.8 Å². The molecule has 2 aromatic rings. The Hall–Kier alpha value is -2.03. The Bertz CT molecular complexity index is 804. The predicted octanol–water partition coefficient (Wildman–Crippen LogP) is 4.50. The number of benzene rings is 1. The van der Waals surface area contributed by atoms with Crippen LogP contribution in [0.3, 0.4) is 0 Å². The summed E-state index contributed by atoms with van der Waals surface area (Å²) in [7, 11) is 1.55. The number of nitrogens with one attached hydrogen (secondary N) is 1. The van der Waals surface area contributed by atoms with Gasteiger partial charge in [0.2, 0.25) is 0 Å². The van der Waals surface area contributed by atoms with Crippen molar-refractivity contribution in [2.75, 3.05) is 19.0 Å². The highest BCUT2D eigenvalue weighted by atomic mass is 32.1.